The van der Waals surface area contributed by atoms with E-state index in [0.717, 1.165) is 45.3 Å². The Bertz CT molecular complexity index is 4780. The second kappa shape index (κ2) is 20.3. The maximum absolute atomic E-state index is 3.61. The minimum atomic E-state index is -0.234. The van der Waals surface area contributed by atoms with Gasteiger partial charge in [0.2, 0.25) is 0 Å². The zero-order valence-electron chi connectivity index (χ0n) is 49.9. The predicted molar refractivity (Wildman–Crippen MR) is 364 cm³/mol. The van der Waals surface area contributed by atoms with E-state index in [0.29, 0.717) is 0 Å². The van der Waals surface area contributed by atoms with Gasteiger partial charge in [0.25, 0.3) is 0 Å². The van der Waals surface area contributed by atoms with Gasteiger partial charge in [-0.05, 0) is 210 Å². The normalized spacial score (nSPS) is 14.1. The summed E-state index contributed by atoms with van der Waals surface area (Å²) < 4.78 is 0. The molecule has 12 aromatic rings. The minimum Gasteiger partial charge on any atom is -0.310 e. The van der Waals surface area contributed by atoms with E-state index >= 15 is 0 Å². The Morgan fingerprint density at radius 1 is 0.279 bits per heavy atom. The van der Waals surface area contributed by atoms with Crippen molar-refractivity contribution in [3.05, 3.63) is 322 Å². The number of hydrogen-bond donors (Lipinski definition) is 0. The highest BCUT2D eigenvalue weighted by Crippen LogP contribution is 2.54. The summed E-state index contributed by atoms with van der Waals surface area (Å²) in [5, 5.41) is 2.50. The lowest BCUT2D eigenvalue weighted by Gasteiger charge is -2.28. The Balaban J connectivity index is 0.660. The number of para-hydroxylation sites is 2. The maximum Gasteiger partial charge on any atom is 0.0465 e. The van der Waals surface area contributed by atoms with Crippen molar-refractivity contribution >= 4 is 57.0 Å². The molecule has 86 heavy (non-hydrogen) atoms. The van der Waals surface area contributed by atoms with E-state index in [-0.39, 0.29) is 16.2 Å². The molecular weight excluding hydrogens is 1040 g/mol. The van der Waals surface area contributed by atoms with Crippen molar-refractivity contribution in [2.45, 2.75) is 64.7 Å². The number of benzene rings is 12. The van der Waals surface area contributed by atoms with Gasteiger partial charge in [0.05, 0.1) is 0 Å². The van der Waals surface area contributed by atoms with Crippen molar-refractivity contribution < 1.29 is 0 Å². The SMILES string of the molecule is Cc1ccc(N(c2ccccc2)c2ccc3c(c2)C(C)(C)c2cc(/C=C/c4ccc5c(c4)C(C)(C)c4cc(C#Cc6ccc7c(c6)C(C)(C)c6cc(N(c8ccccc8)c8ccc(-c9ccc%10ccccc%10c9)cc8)ccc6-7)ccc4-5)ccc2-3)cc1. The highest BCUT2D eigenvalue weighted by molar-refractivity contribution is 5.91. The van der Waals surface area contributed by atoms with Crippen LogP contribution in [0, 0.1) is 18.8 Å². The molecule has 12 aromatic carbocycles. The Labute approximate surface area is 507 Å². The van der Waals surface area contributed by atoms with Crippen LogP contribution in [0.2, 0.25) is 0 Å². The van der Waals surface area contributed by atoms with Crippen LogP contribution in [0.5, 0.6) is 0 Å². The summed E-state index contributed by atoms with van der Waals surface area (Å²) in [6.07, 6.45) is 4.57. The molecule has 412 valence electrons. The molecule has 0 saturated carbocycles. The van der Waals surface area contributed by atoms with Crippen LogP contribution in [0.4, 0.5) is 34.1 Å². The molecule has 0 spiro atoms. The van der Waals surface area contributed by atoms with E-state index in [1.807, 2.05) is 0 Å². The molecule has 0 heterocycles. The number of anilines is 6. The molecule has 0 unspecified atom stereocenters. The van der Waals surface area contributed by atoms with Gasteiger partial charge in [-0.2, -0.15) is 0 Å². The predicted octanol–water partition coefficient (Wildman–Crippen LogP) is 22.2. The van der Waals surface area contributed by atoms with E-state index in [4.69, 9.17) is 0 Å². The molecule has 0 bridgehead atoms. The van der Waals surface area contributed by atoms with Gasteiger partial charge in [-0.15, -0.1) is 0 Å². The standard InChI is InChI=1S/C84H66N2/c1-55-22-36-66(37-23-55)85(64-18-10-8-11-19-64)68-40-46-74-72-44-30-58(50-78(72)83(4,5)80(74)53-68)26-24-56-28-42-70-71-43-29-57(49-77(71)82(2,3)76(70)48-56)25-27-59-31-45-73-75-47-41-69(54-81(75)84(6,7)79(73)51-59)86(65-20-12-9-13-21-65)67-38-34-61(35-39-67)63-33-32-60-16-14-15-17-62(60)52-63/h8-24,26,28-54H,1-7H3/b26-24+. The average molecular weight is 1100 g/mol. The maximum atomic E-state index is 3.61. The molecule has 0 radical (unpaired) electrons. The summed E-state index contributed by atoms with van der Waals surface area (Å²) in [6, 6.07) is 96.2. The quantitative estimate of drug-likeness (QED) is 0.105. The van der Waals surface area contributed by atoms with Crippen molar-refractivity contribution in [3.63, 3.8) is 0 Å². The van der Waals surface area contributed by atoms with Crippen LogP contribution < -0.4 is 9.80 Å². The van der Waals surface area contributed by atoms with E-state index in [1.165, 1.54) is 105 Å². The third kappa shape index (κ3) is 8.89. The Hall–Kier alpha value is -10.2. The van der Waals surface area contributed by atoms with Gasteiger partial charge >= 0.3 is 0 Å². The lowest BCUT2D eigenvalue weighted by molar-refractivity contribution is 0.660. The Kier molecular flexibility index (Phi) is 12.4. The summed E-state index contributed by atoms with van der Waals surface area (Å²) in [7, 11) is 0. The number of rotatable bonds is 9. The smallest absolute Gasteiger partial charge is 0.0465 e. The average Bonchev–Trinajstić information content (AvgIpc) is 1.74. The first kappa shape index (κ1) is 52.6. The molecule has 3 aliphatic carbocycles. The highest BCUT2D eigenvalue weighted by atomic mass is 15.1. The van der Waals surface area contributed by atoms with Crippen LogP contribution >= 0.6 is 0 Å². The lowest BCUT2D eigenvalue weighted by atomic mass is 9.81. The summed E-state index contributed by atoms with van der Waals surface area (Å²) in [4.78, 5) is 4.75. The summed E-state index contributed by atoms with van der Waals surface area (Å²) in [6.45, 7) is 16.3. The molecule has 0 aromatic heterocycles. The summed E-state index contributed by atoms with van der Waals surface area (Å²) in [5.74, 6) is 7.22. The highest BCUT2D eigenvalue weighted by Gasteiger charge is 2.39. The summed E-state index contributed by atoms with van der Waals surface area (Å²) >= 11 is 0. The van der Waals surface area contributed by atoms with Crippen molar-refractivity contribution in [2.75, 3.05) is 9.80 Å². The van der Waals surface area contributed by atoms with Crippen molar-refractivity contribution in [2.24, 2.45) is 0 Å². The zero-order chi connectivity index (χ0) is 58.5. The molecule has 0 amide bonds. The van der Waals surface area contributed by atoms with Crippen LogP contribution in [-0.4, -0.2) is 0 Å². The monoisotopic (exact) mass is 1100 g/mol. The van der Waals surface area contributed by atoms with Gasteiger partial charge in [0.1, 0.15) is 0 Å². The third-order valence-corrected chi connectivity index (χ3v) is 18.9. The van der Waals surface area contributed by atoms with E-state index in [1.54, 1.807) is 0 Å². The molecule has 0 N–H and O–H groups in total. The van der Waals surface area contributed by atoms with Crippen LogP contribution in [0.1, 0.15) is 103 Å². The van der Waals surface area contributed by atoms with Crippen LogP contribution in [-0.2, 0) is 16.2 Å². The Morgan fingerprint density at radius 3 is 1.09 bits per heavy atom. The molecule has 0 aliphatic heterocycles. The van der Waals surface area contributed by atoms with Gasteiger partial charge in [-0.1, -0.05) is 229 Å². The van der Waals surface area contributed by atoms with E-state index < -0.39 is 0 Å². The lowest BCUT2D eigenvalue weighted by Crippen LogP contribution is -2.16. The van der Waals surface area contributed by atoms with Gasteiger partial charge in [0.15, 0.2) is 0 Å². The molecular formula is C84H66N2. The molecule has 15 rings (SSSR count). The van der Waals surface area contributed by atoms with Gasteiger partial charge < -0.3 is 9.80 Å². The fraction of sp³-hybridized carbons (Fsp3) is 0.119. The van der Waals surface area contributed by atoms with E-state index in [9.17, 15) is 0 Å². The topological polar surface area (TPSA) is 6.48 Å². The molecule has 3 aliphatic rings. The summed E-state index contributed by atoms with van der Waals surface area (Å²) in [5.41, 5.74) is 30.1. The Morgan fingerprint density at radius 2 is 0.628 bits per heavy atom. The first-order valence-electron chi connectivity index (χ1n) is 30.2. The van der Waals surface area contributed by atoms with Crippen molar-refractivity contribution in [3.8, 4) is 56.3 Å². The van der Waals surface area contributed by atoms with Crippen LogP contribution in [0.3, 0.4) is 0 Å². The molecule has 2 nitrogen and oxygen atoms in total. The van der Waals surface area contributed by atoms with Gasteiger partial charge in [-0.3, -0.25) is 0 Å². The first-order valence-corrected chi connectivity index (χ1v) is 30.2. The zero-order valence-corrected chi connectivity index (χ0v) is 49.9. The second-order valence-electron chi connectivity index (χ2n) is 25.3. The number of fused-ring (bicyclic) bond motifs is 10. The van der Waals surface area contributed by atoms with Crippen LogP contribution in [0.25, 0.3) is 67.4 Å². The molecule has 2 heteroatoms. The molecule has 0 saturated heterocycles. The molecule has 0 fully saturated rings. The number of nitrogens with zero attached hydrogens (tertiary/aromatic N) is 2. The fourth-order valence-electron chi connectivity index (χ4n) is 14.1. The molecule has 0 atom stereocenters. The largest absolute Gasteiger partial charge is 0.310 e. The fourth-order valence-corrected chi connectivity index (χ4v) is 14.1. The first-order chi connectivity index (χ1) is 41.8. The number of hydrogen-bond acceptors (Lipinski definition) is 2. The third-order valence-electron chi connectivity index (χ3n) is 18.9. The minimum absolute atomic E-state index is 0.175. The van der Waals surface area contributed by atoms with Crippen molar-refractivity contribution in [1.82, 2.24) is 0 Å². The van der Waals surface area contributed by atoms with E-state index in [2.05, 4.69) is 343 Å². The van der Waals surface area contributed by atoms with Gasteiger partial charge in [-0.25, -0.2) is 0 Å². The van der Waals surface area contributed by atoms with Gasteiger partial charge in [0, 0.05) is 61.5 Å². The second-order valence-corrected chi connectivity index (χ2v) is 25.3. The number of aryl methyl sites for hydroxylation is 1. The van der Waals surface area contributed by atoms with Crippen LogP contribution in [0.15, 0.2) is 261 Å². The van der Waals surface area contributed by atoms with Crippen molar-refractivity contribution in [1.29, 1.82) is 0 Å².